The van der Waals surface area contributed by atoms with Crippen LogP contribution in [0.4, 0.5) is 0 Å². The van der Waals surface area contributed by atoms with Gasteiger partial charge >= 0.3 is 0 Å². The van der Waals surface area contributed by atoms with E-state index in [1.165, 1.54) is 39.2 Å². The molecule has 4 rings (SSSR count). The van der Waals surface area contributed by atoms with Gasteiger partial charge in [0.2, 0.25) is 0 Å². The van der Waals surface area contributed by atoms with Crippen molar-refractivity contribution in [1.82, 2.24) is 5.23 Å². The van der Waals surface area contributed by atoms with Gasteiger partial charge in [-0.15, -0.1) is 0 Å². The molecule has 16 heavy (non-hydrogen) atoms. The first-order chi connectivity index (χ1) is 7.64. The Balaban J connectivity index is 1.88. The Labute approximate surface area is 97.7 Å². The normalized spacial score (nSPS) is 50.2. The summed E-state index contributed by atoms with van der Waals surface area (Å²) in [5.74, 6) is 3.15. The molecule has 92 valence electrons. The van der Waals surface area contributed by atoms with E-state index in [2.05, 4.69) is 6.92 Å². The van der Waals surface area contributed by atoms with E-state index in [1.54, 1.807) is 0 Å². The molecule has 0 aromatic carbocycles. The van der Waals surface area contributed by atoms with Gasteiger partial charge in [0, 0.05) is 0 Å². The predicted molar refractivity (Wildman–Crippen MR) is 62.3 cm³/mol. The molecular weight excluding hydrogens is 202 g/mol. The van der Waals surface area contributed by atoms with Crippen molar-refractivity contribution in [3.63, 3.8) is 0 Å². The molecule has 0 spiro atoms. The molecule has 4 aliphatic rings. The molecule has 4 bridgehead atoms. The Morgan fingerprint density at radius 3 is 2.00 bits per heavy atom. The van der Waals surface area contributed by atoms with Crippen LogP contribution in [-0.4, -0.2) is 17.9 Å². The summed E-state index contributed by atoms with van der Waals surface area (Å²) >= 11 is 0. The molecule has 0 saturated heterocycles. The Bertz CT molecular complexity index is 249. The molecule has 0 aromatic heterocycles. The second-order valence-corrected chi connectivity index (χ2v) is 6.14. The van der Waals surface area contributed by atoms with Crippen LogP contribution in [0, 0.1) is 28.9 Å². The van der Waals surface area contributed by atoms with Gasteiger partial charge in [0.05, 0.1) is 5.60 Å². The highest BCUT2D eigenvalue weighted by Gasteiger charge is 2.57. The summed E-state index contributed by atoms with van der Waals surface area (Å²) < 4.78 is 0. The van der Waals surface area contributed by atoms with Crippen LogP contribution in [0.25, 0.3) is 0 Å². The van der Waals surface area contributed by atoms with Gasteiger partial charge in [-0.05, 0) is 69.2 Å². The summed E-state index contributed by atoms with van der Waals surface area (Å²) in [6, 6.07) is 0. The Hall–Kier alpha value is -0.120. The van der Waals surface area contributed by atoms with Gasteiger partial charge in [-0.3, -0.25) is 5.23 Å². The van der Waals surface area contributed by atoms with Crippen molar-refractivity contribution in [2.24, 2.45) is 23.7 Å². The van der Waals surface area contributed by atoms with E-state index in [9.17, 15) is 5.21 Å². The third-order valence-electron chi connectivity index (χ3n) is 5.37. The molecule has 0 N–H and O–H groups in total. The molecule has 4 fully saturated rings. The molecule has 0 aromatic rings. The molecule has 3 heteroatoms. The maximum Gasteiger partial charge on any atom is 0.0941 e. The second kappa shape index (κ2) is 3.69. The number of hydrogen-bond donors (Lipinski definition) is 0. The topological polar surface area (TPSA) is 35.5 Å². The zero-order valence-electron chi connectivity index (χ0n) is 10.3. The SMILES string of the molecule is CCC1(ON(C)[O-])C2CC3CC(C2)CC1C3. The zero-order chi connectivity index (χ0) is 11.3. The smallest absolute Gasteiger partial charge is 0.0941 e. The fourth-order valence-corrected chi connectivity index (χ4v) is 5.01. The zero-order valence-corrected chi connectivity index (χ0v) is 10.3. The van der Waals surface area contributed by atoms with Gasteiger partial charge in [-0.2, -0.15) is 0 Å². The van der Waals surface area contributed by atoms with Crippen molar-refractivity contribution in [1.29, 1.82) is 0 Å². The van der Waals surface area contributed by atoms with Crippen LogP contribution < -0.4 is 0 Å². The van der Waals surface area contributed by atoms with Crippen LogP contribution in [-0.2, 0) is 4.84 Å². The Morgan fingerprint density at radius 2 is 1.62 bits per heavy atom. The summed E-state index contributed by atoms with van der Waals surface area (Å²) in [6.45, 7) is 2.19. The largest absolute Gasteiger partial charge is 0.762 e. The molecule has 0 radical (unpaired) electrons. The lowest BCUT2D eigenvalue weighted by atomic mass is 9.49. The monoisotopic (exact) mass is 224 g/mol. The Morgan fingerprint density at radius 1 is 1.12 bits per heavy atom. The quantitative estimate of drug-likeness (QED) is 0.691. The minimum atomic E-state index is -0.121. The molecule has 3 nitrogen and oxygen atoms in total. The summed E-state index contributed by atoms with van der Waals surface area (Å²) in [4.78, 5) is 5.74. The highest BCUT2D eigenvalue weighted by Crippen LogP contribution is 2.60. The molecule has 4 aliphatic carbocycles. The molecule has 0 amide bonds. The fourth-order valence-electron chi connectivity index (χ4n) is 5.01. The first kappa shape index (κ1) is 11.0. The van der Waals surface area contributed by atoms with Crippen molar-refractivity contribution < 1.29 is 4.84 Å². The minimum absolute atomic E-state index is 0.121. The van der Waals surface area contributed by atoms with E-state index >= 15 is 0 Å². The van der Waals surface area contributed by atoms with Crippen LogP contribution in [0.2, 0.25) is 0 Å². The van der Waals surface area contributed by atoms with Gasteiger partial charge in [-0.1, -0.05) is 6.92 Å². The maximum atomic E-state index is 11.3. The highest BCUT2D eigenvalue weighted by atomic mass is 16.9. The number of rotatable bonds is 3. The number of hydroxylamine groups is 2. The van der Waals surface area contributed by atoms with Crippen molar-refractivity contribution in [3.8, 4) is 0 Å². The van der Waals surface area contributed by atoms with Gasteiger partial charge < -0.3 is 10.0 Å². The van der Waals surface area contributed by atoms with E-state index in [1.807, 2.05) is 0 Å². The van der Waals surface area contributed by atoms with Crippen LogP contribution in [0.15, 0.2) is 0 Å². The Kier molecular flexibility index (Phi) is 2.54. The van der Waals surface area contributed by atoms with Crippen LogP contribution in [0.1, 0.15) is 45.4 Å². The van der Waals surface area contributed by atoms with E-state index in [-0.39, 0.29) is 5.60 Å². The van der Waals surface area contributed by atoms with E-state index < -0.39 is 0 Å². The third-order valence-corrected chi connectivity index (χ3v) is 5.37. The average molecular weight is 224 g/mol. The van der Waals surface area contributed by atoms with Gasteiger partial charge in [0.25, 0.3) is 0 Å². The molecule has 0 aliphatic heterocycles. The highest BCUT2D eigenvalue weighted by molar-refractivity contribution is 5.07. The average Bonchev–Trinajstić information content (AvgIpc) is 2.22. The molecular formula is C13H22NO2-. The van der Waals surface area contributed by atoms with Crippen LogP contribution in [0.3, 0.4) is 0 Å². The lowest BCUT2D eigenvalue weighted by molar-refractivity contribution is -0.292. The van der Waals surface area contributed by atoms with Crippen LogP contribution in [0.5, 0.6) is 0 Å². The summed E-state index contributed by atoms with van der Waals surface area (Å²) in [5.41, 5.74) is -0.121. The van der Waals surface area contributed by atoms with Gasteiger partial charge in [-0.25, -0.2) is 0 Å². The van der Waals surface area contributed by atoms with Crippen molar-refractivity contribution in [2.75, 3.05) is 7.05 Å². The minimum Gasteiger partial charge on any atom is -0.762 e. The fraction of sp³-hybridized carbons (Fsp3) is 1.00. The molecule has 4 saturated carbocycles. The van der Waals surface area contributed by atoms with Gasteiger partial charge in [0.15, 0.2) is 0 Å². The first-order valence-electron chi connectivity index (χ1n) is 6.74. The lowest BCUT2D eigenvalue weighted by Crippen LogP contribution is -2.59. The summed E-state index contributed by atoms with van der Waals surface area (Å²) in [6.07, 6.45) is 7.64. The van der Waals surface area contributed by atoms with Crippen molar-refractivity contribution in [2.45, 2.75) is 51.0 Å². The predicted octanol–water partition coefficient (Wildman–Crippen LogP) is 2.95. The van der Waals surface area contributed by atoms with Crippen LogP contribution >= 0.6 is 0 Å². The second-order valence-electron chi connectivity index (χ2n) is 6.14. The van der Waals surface area contributed by atoms with Crippen molar-refractivity contribution in [3.05, 3.63) is 5.21 Å². The standard InChI is InChI=1S/C13H22NO2/c1-3-13(16-14(2)15)11-5-9-4-10(7-11)8-12(13)6-9/h9-12H,3-8H2,1-2H3/q-1. The molecule has 0 heterocycles. The molecule has 0 unspecified atom stereocenters. The number of hydrogen-bond acceptors (Lipinski definition) is 3. The van der Waals surface area contributed by atoms with E-state index in [4.69, 9.17) is 4.84 Å². The first-order valence-corrected chi connectivity index (χ1v) is 6.74. The summed E-state index contributed by atoms with van der Waals surface area (Å²) in [7, 11) is 1.49. The van der Waals surface area contributed by atoms with Gasteiger partial charge in [0.1, 0.15) is 0 Å². The van der Waals surface area contributed by atoms with E-state index in [0.717, 1.165) is 18.3 Å². The molecule has 0 atom stereocenters. The number of nitrogens with zero attached hydrogens (tertiary/aromatic N) is 1. The lowest BCUT2D eigenvalue weighted by Gasteiger charge is -2.61. The van der Waals surface area contributed by atoms with E-state index in [0.29, 0.717) is 17.1 Å². The van der Waals surface area contributed by atoms with Crippen molar-refractivity contribution >= 4 is 0 Å². The maximum absolute atomic E-state index is 11.3. The third kappa shape index (κ3) is 1.45. The summed E-state index contributed by atoms with van der Waals surface area (Å²) in [5, 5.41) is 12.0.